The summed E-state index contributed by atoms with van der Waals surface area (Å²) >= 11 is 3.49. The first-order valence-electron chi connectivity index (χ1n) is 6.92. The minimum Gasteiger partial charge on any atom is -0.491 e. The molecule has 0 bridgehead atoms. The molecule has 2 N–H and O–H groups in total. The van der Waals surface area contributed by atoms with Gasteiger partial charge in [-0.2, -0.15) is 0 Å². The highest BCUT2D eigenvalue weighted by molar-refractivity contribution is 9.10. The lowest BCUT2D eigenvalue weighted by Crippen LogP contribution is -2.26. The van der Waals surface area contributed by atoms with Gasteiger partial charge in [-0.3, -0.25) is 0 Å². The van der Waals surface area contributed by atoms with Crippen molar-refractivity contribution >= 4 is 21.6 Å². The zero-order valence-electron chi connectivity index (χ0n) is 12.3. The van der Waals surface area contributed by atoms with E-state index in [4.69, 9.17) is 4.74 Å². The van der Waals surface area contributed by atoms with Crippen LogP contribution in [0.5, 0.6) is 5.75 Å². The summed E-state index contributed by atoms with van der Waals surface area (Å²) in [5.41, 5.74) is 3.29. The molecule has 0 spiro atoms. The molecule has 1 atom stereocenters. The van der Waals surface area contributed by atoms with Crippen LogP contribution in [-0.4, -0.2) is 24.4 Å². The van der Waals surface area contributed by atoms with Gasteiger partial charge in [0, 0.05) is 16.7 Å². The lowest BCUT2D eigenvalue weighted by atomic mass is 10.2. The first kappa shape index (κ1) is 15.9. The summed E-state index contributed by atoms with van der Waals surface area (Å²) in [5.74, 6) is 0.783. The Hall–Kier alpha value is -1.52. The molecule has 3 nitrogen and oxygen atoms in total. The highest BCUT2D eigenvalue weighted by Gasteiger charge is 2.07. The van der Waals surface area contributed by atoms with Crippen molar-refractivity contribution in [2.24, 2.45) is 0 Å². The zero-order valence-corrected chi connectivity index (χ0v) is 13.9. The van der Waals surface area contributed by atoms with E-state index in [2.05, 4.69) is 21.2 Å². The normalized spacial score (nSPS) is 12.0. The Morgan fingerprint density at radius 2 is 1.90 bits per heavy atom. The van der Waals surface area contributed by atoms with Crippen LogP contribution in [-0.2, 0) is 0 Å². The van der Waals surface area contributed by atoms with Gasteiger partial charge in [-0.15, -0.1) is 0 Å². The van der Waals surface area contributed by atoms with Gasteiger partial charge in [0.25, 0.3) is 0 Å². The molecular formula is C17H20BrNO2. The maximum atomic E-state index is 10.00. The van der Waals surface area contributed by atoms with Crippen molar-refractivity contribution in [2.45, 2.75) is 20.0 Å². The highest BCUT2D eigenvalue weighted by atomic mass is 79.9. The van der Waals surface area contributed by atoms with Gasteiger partial charge < -0.3 is 15.2 Å². The van der Waals surface area contributed by atoms with E-state index < -0.39 is 6.10 Å². The molecule has 0 saturated heterocycles. The average molecular weight is 350 g/mol. The first-order chi connectivity index (χ1) is 10.0. The van der Waals surface area contributed by atoms with Crippen molar-refractivity contribution in [3.8, 4) is 5.75 Å². The highest BCUT2D eigenvalue weighted by Crippen LogP contribution is 2.23. The standard InChI is InChI=1S/C17H20BrNO2/c1-12-4-3-5-15(8-12)21-11-14(20)10-19-17-9-13(2)6-7-16(17)18/h3-9,14,19-20H,10-11H2,1-2H3. The summed E-state index contributed by atoms with van der Waals surface area (Å²) in [6.07, 6.45) is -0.571. The van der Waals surface area contributed by atoms with Gasteiger partial charge >= 0.3 is 0 Å². The summed E-state index contributed by atoms with van der Waals surface area (Å²) in [6.45, 7) is 4.75. The van der Waals surface area contributed by atoms with Gasteiger partial charge in [0.1, 0.15) is 18.5 Å². The number of aliphatic hydroxyl groups excluding tert-OH is 1. The van der Waals surface area contributed by atoms with Gasteiger partial charge in [-0.1, -0.05) is 18.2 Å². The molecule has 0 radical (unpaired) electrons. The van der Waals surface area contributed by atoms with Crippen LogP contribution in [0.4, 0.5) is 5.69 Å². The smallest absolute Gasteiger partial charge is 0.119 e. The number of aliphatic hydroxyl groups is 1. The lowest BCUT2D eigenvalue weighted by Gasteiger charge is -2.15. The summed E-state index contributed by atoms with van der Waals surface area (Å²) in [4.78, 5) is 0. The molecule has 0 heterocycles. The second-order valence-electron chi connectivity index (χ2n) is 5.15. The molecule has 0 aliphatic carbocycles. The number of hydrogen-bond donors (Lipinski definition) is 2. The number of benzene rings is 2. The Labute approximate surface area is 134 Å². The van der Waals surface area contributed by atoms with E-state index in [1.165, 1.54) is 5.56 Å². The summed E-state index contributed by atoms with van der Waals surface area (Å²) < 4.78 is 6.58. The summed E-state index contributed by atoms with van der Waals surface area (Å²) in [6, 6.07) is 13.9. The number of aryl methyl sites for hydroxylation is 2. The maximum Gasteiger partial charge on any atom is 0.119 e. The van der Waals surface area contributed by atoms with E-state index in [9.17, 15) is 5.11 Å². The Balaban J connectivity index is 1.82. The van der Waals surface area contributed by atoms with E-state index in [-0.39, 0.29) is 6.61 Å². The van der Waals surface area contributed by atoms with Crippen LogP contribution in [0, 0.1) is 13.8 Å². The van der Waals surface area contributed by atoms with E-state index in [1.54, 1.807) is 0 Å². The van der Waals surface area contributed by atoms with Gasteiger partial charge in [-0.25, -0.2) is 0 Å². The van der Waals surface area contributed by atoms with Crippen molar-refractivity contribution in [1.82, 2.24) is 0 Å². The average Bonchev–Trinajstić information content (AvgIpc) is 2.46. The predicted octanol–water partition coefficient (Wildman–Crippen LogP) is 3.92. The second-order valence-corrected chi connectivity index (χ2v) is 6.00. The van der Waals surface area contributed by atoms with E-state index >= 15 is 0 Å². The maximum absolute atomic E-state index is 10.00. The van der Waals surface area contributed by atoms with E-state index in [0.29, 0.717) is 6.54 Å². The quantitative estimate of drug-likeness (QED) is 0.830. The number of anilines is 1. The molecule has 0 saturated carbocycles. The first-order valence-corrected chi connectivity index (χ1v) is 7.71. The van der Waals surface area contributed by atoms with Crippen LogP contribution in [0.25, 0.3) is 0 Å². The summed E-state index contributed by atoms with van der Waals surface area (Å²) in [5, 5.41) is 13.2. The molecule has 1 unspecified atom stereocenters. The molecule has 112 valence electrons. The number of rotatable bonds is 6. The Morgan fingerprint density at radius 3 is 2.67 bits per heavy atom. The largest absolute Gasteiger partial charge is 0.491 e. The fraction of sp³-hybridized carbons (Fsp3) is 0.294. The number of hydrogen-bond acceptors (Lipinski definition) is 3. The topological polar surface area (TPSA) is 41.5 Å². The molecule has 2 aromatic rings. The molecule has 2 rings (SSSR count). The Morgan fingerprint density at radius 1 is 1.14 bits per heavy atom. The van der Waals surface area contributed by atoms with Gasteiger partial charge in [0.2, 0.25) is 0 Å². The van der Waals surface area contributed by atoms with Crippen molar-refractivity contribution in [3.05, 3.63) is 58.1 Å². The van der Waals surface area contributed by atoms with Crippen molar-refractivity contribution < 1.29 is 9.84 Å². The third-order valence-electron chi connectivity index (χ3n) is 3.08. The number of nitrogens with one attached hydrogen (secondary N) is 1. The van der Waals surface area contributed by atoms with Crippen LogP contribution < -0.4 is 10.1 Å². The predicted molar refractivity (Wildman–Crippen MR) is 90.0 cm³/mol. The number of halogens is 1. The van der Waals surface area contributed by atoms with E-state index in [0.717, 1.165) is 21.5 Å². The van der Waals surface area contributed by atoms with Crippen LogP contribution in [0.2, 0.25) is 0 Å². The van der Waals surface area contributed by atoms with Crippen LogP contribution in [0.3, 0.4) is 0 Å². The van der Waals surface area contributed by atoms with Gasteiger partial charge in [-0.05, 0) is 65.2 Å². The molecule has 0 aromatic heterocycles. The van der Waals surface area contributed by atoms with Crippen LogP contribution in [0.15, 0.2) is 46.9 Å². The monoisotopic (exact) mass is 349 g/mol. The zero-order chi connectivity index (χ0) is 15.2. The lowest BCUT2D eigenvalue weighted by molar-refractivity contribution is 0.117. The van der Waals surface area contributed by atoms with Crippen LogP contribution in [0.1, 0.15) is 11.1 Å². The van der Waals surface area contributed by atoms with Crippen molar-refractivity contribution in [3.63, 3.8) is 0 Å². The fourth-order valence-corrected chi connectivity index (χ4v) is 2.35. The van der Waals surface area contributed by atoms with Gasteiger partial charge in [0.15, 0.2) is 0 Å². The number of ether oxygens (including phenoxy) is 1. The Bertz CT molecular complexity index is 601. The molecule has 4 heteroatoms. The molecule has 0 fully saturated rings. The molecule has 0 aliphatic heterocycles. The summed E-state index contributed by atoms with van der Waals surface area (Å²) in [7, 11) is 0. The molecular weight excluding hydrogens is 330 g/mol. The van der Waals surface area contributed by atoms with Gasteiger partial charge in [0.05, 0.1) is 0 Å². The molecule has 21 heavy (non-hydrogen) atoms. The Kier molecular flexibility index (Phi) is 5.65. The van der Waals surface area contributed by atoms with Crippen molar-refractivity contribution in [1.29, 1.82) is 0 Å². The van der Waals surface area contributed by atoms with Crippen LogP contribution >= 0.6 is 15.9 Å². The SMILES string of the molecule is Cc1cccc(OCC(O)CNc2cc(C)ccc2Br)c1. The van der Waals surface area contributed by atoms with Crippen molar-refractivity contribution in [2.75, 3.05) is 18.5 Å². The van der Waals surface area contributed by atoms with E-state index in [1.807, 2.05) is 56.3 Å². The molecule has 0 amide bonds. The second kappa shape index (κ2) is 7.48. The molecule has 2 aromatic carbocycles. The fourth-order valence-electron chi connectivity index (χ4n) is 1.96. The minimum absolute atomic E-state index is 0.264. The molecule has 0 aliphatic rings. The third-order valence-corrected chi connectivity index (χ3v) is 3.77. The minimum atomic E-state index is -0.571. The third kappa shape index (κ3) is 5.06.